The van der Waals surface area contributed by atoms with Crippen molar-refractivity contribution in [2.24, 2.45) is 0 Å². The molecular formula is C17H17Cl2FN2O. The summed E-state index contributed by atoms with van der Waals surface area (Å²) in [5.74, 6) is -0.707. The van der Waals surface area contributed by atoms with Crippen LogP contribution >= 0.6 is 23.2 Å². The summed E-state index contributed by atoms with van der Waals surface area (Å²) in [5, 5.41) is 6.67. The second-order valence-electron chi connectivity index (χ2n) is 5.28. The molecule has 0 spiro atoms. The van der Waals surface area contributed by atoms with E-state index in [-0.39, 0.29) is 17.0 Å². The number of nitrogens with one attached hydrogen (secondary N) is 2. The van der Waals surface area contributed by atoms with Crippen LogP contribution in [0.3, 0.4) is 0 Å². The topological polar surface area (TPSA) is 41.1 Å². The second kappa shape index (κ2) is 7.77. The quantitative estimate of drug-likeness (QED) is 0.808. The number of amides is 1. The lowest BCUT2D eigenvalue weighted by atomic mass is 10.1. The van der Waals surface area contributed by atoms with Gasteiger partial charge in [0.25, 0.3) is 0 Å². The first-order chi connectivity index (χ1) is 10.9. The zero-order valence-electron chi connectivity index (χ0n) is 12.7. The van der Waals surface area contributed by atoms with Crippen LogP contribution in [0, 0.1) is 5.82 Å². The highest BCUT2D eigenvalue weighted by atomic mass is 35.5. The average Bonchev–Trinajstić information content (AvgIpc) is 2.49. The number of halogens is 3. The second-order valence-corrected chi connectivity index (χ2v) is 6.12. The minimum absolute atomic E-state index is 0.0573. The SMILES string of the molecule is CC(NC(C)c1cccc(Cl)c1)C(=O)Nc1ccc(F)cc1Cl. The Labute approximate surface area is 144 Å². The van der Waals surface area contributed by atoms with Gasteiger partial charge in [0, 0.05) is 11.1 Å². The van der Waals surface area contributed by atoms with E-state index in [1.54, 1.807) is 13.0 Å². The van der Waals surface area contributed by atoms with Crippen LogP contribution in [0.2, 0.25) is 10.0 Å². The molecule has 1 amide bonds. The first-order valence-electron chi connectivity index (χ1n) is 7.14. The first-order valence-corrected chi connectivity index (χ1v) is 7.90. The van der Waals surface area contributed by atoms with Gasteiger partial charge in [-0.3, -0.25) is 10.1 Å². The van der Waals surface area contributed by atoms with Crippen LogP contribution in [-0.4, -0.2) is 11.9 Å². The summed E-state index contributed by atoms with van der Waals surface area (Å²) >= 11 is 11.9. The third kappa shape index (κ3) is 4.93. The molecule has 2 aromatic rings. The van der Waals surface area contributed by atoms with Gasteiger partial charge in [-0.05, 0) is 49.7 Å². The Kier molecular flexibility index (Phi) is 5.99. The number of carbonyl (C=O) groups excluding carboxylic acids is 1. The Hall–Kier alpha value is -1.62. The molecule has 2 N–H and O–H groups in total. The van der Waals surface area contributed by atoms with Crippen LogP contribution in [0.15, 0.2) is 42.5 Å². The average molecular weight is 355 g/mol. The molecule has 0 fully saturated rings. The highest BCUT2D eigenvalue weighted by molar-refractivity contribution is 6.33. The first kappa shape index (κ1) is 17.7. The third-order valence-electron chi connectivity index (χ3n) is 3.43. The molecule has 0 heterocycles. The molecular weight excluding hydrogens is 338 g/mol. The number of benzene rings is 2. The smallest absolute Gasteiger partial charge is 0.241 e. The van der Waals surface area contributed by atoms with Crippen molar-refractivity contribution in [2.45, 2.75) is 25.9 Å². The zero-order chi connectivity index (χ0) is 17.0. The van der Waals surface area contributed by atoms with Crippen molar-refractivity contribution in [1.82, 2.24) is 5.32 Å². The molecule has 2 aromatic carbocycles. The van der Waals surface area contributed by atoms with Crippen molar-refractivity contribution in [3.63, 3.8) is 0 Å². The van der Waals surface area contributed by atoms with Crippen molar-refractivity contribution in [2.75, 3.05) is 5.32 Å². The van der Waals surface area contributed by atoms with Crippen molar-refractivity contribution in [3.8, 4) is 0 Å². The van der Waals surface area contributed by atoms with E-state index in [0.717, 1.165) is 11.6 Å². The van der Waals surface area contributed by atoms with E-state index < -0.39 is 11.9 Å². The van der Waals surface area contributed by atoms with Gasteiger partial charge in [-0.1, -0.05) is 35.3 Å². The molecule has 2 rings (SSSR count). The van der Waals surface area contributed by atoms with Crippen LogP contribution in [0.4, 0.5) is 10.1 Å². The van der Waals surface area contributed by atoms with Crippen LogP contribution < -0.4 is 10.6 Å². The van der Waals surface area contributed by atoms with Crippen LogP contribution in [-0.2, 0) is 4.79 Å². The molecule has 0 aliphatic carbocycles. The van der Waals surface area contributed by atoms with Gasteiger partial charge in [-0.2, -0.15) is 0 Å². The maximum absolute atomic E-state index is 13.0. The van der Waals surface area contributed by atoms with Gasteiger partial charge in [0.1, 0.15) is 5.82 Å². The van der Waals surface area contributed by atoms with Crippen molar-refractivity contribution in [1.29, 1.82) is 0 Å². The maximum Gasteiger partial charge on any atom is 0.241 e. The van der Waals surface area contributed by atoms with Gasteiger partial charge in [-0.15, -0.1) is 0 Å². The van der Waals surface area contributed by atoms with Gasteiger partial charge >= 0.3 is 0 Å². The maximum atomic E-state index is 13.0. The fourth-order valence-corrected chi connectivity index (χ4v) is 2.57. The molecule has 2 atom stereocenters. The zero-order valence-corrected chi connectivity index (χ0v) is 14.3. The van der Waals surface area contributed by atoms with E-state index in [0.29, 0.717) is 10.7 Å². The minimum Gasteiger partial charge on any atom is -0.323 e. The highest BCUT2D eigenvalue weighted by Gasteiger charge is 2.17. The molecule has 0 aromatic heterocycles. The molecule has 122 valence electrons. The predicted octanol–water partition coefficient (Wildman–Crippen LogP) is 4.81. The van der Waals surface area contributed by atoms with E-state index in [2.05, 4.69) is 10.6 Å². The standard InChI is InChI=1S/C17H17Cl2FN2O/c1-10(12-4-3-5-13(18)8-12)21-11(2)17(23)22-16-7-6-14(20)9-15(16)19/h3-11,21H,1-2H3,(H,22,23). The fraction of sp³-hybridized carbons (Fsp3) is 0.235. The van der Waals surface area contributed by atoms with E-state index >= 15 is 0 Å². The van der Waals surface area contributed by atoms with Gasteiger partial charge < -0.3 is 5.32 Å². The Morgan fingerprint density at radius 1 is 1.13 bits per heavy atom. The molecule has 23 heavy (non-hydrogen) atoms. The Balaban J connectivity index is 1.99. The molecule has 0 radical (unpaired) electrons. The normalized spacial score (nSPS) is 13.4. The summed E-state index contributed by atoms with van der Waals surface area (Å²) < 4.78 is 13.0. The lowest BCUT2D eigenvalue weighted by Crippen LogP contribution is -2.39. The molecule has 3 nitrogen and oxygen atoms in total. The largest absolute Gasteiger partial charge is 0.323 e. The van der Waals surface area contributed by atoms with Crippen LogP contribution in [0.1, 0.15) is 25.5 Å². The van der Waals surface area contributed by atoms with E-state index in [9.17, 15) is 9.18 Å². The van der Waals surface area contributed by atoms with Gasteiger partial charge in [-0.25, -0.2) is 4.39 Å². The van der Waals surface area contributed by atoms with Gasteiger partial charge in [0.15, 0.2) is 0 Å². The molecule has 2 unspecified atom stereocenters. The van der Waals surface area contributed by atoms with Crippen LogP contribution in [0.5, 0.6) is 0 Å². The van der Waals surface area contributed by atoms with Crippen molar-refractivity contribution in [3.05, 3.63) is 63.9 Å². The molecule has 0 aliphatic rings. The summed E-state index contributed by atoms with van der Waals surface area (Å²) in [4.78, 5) is 12.2. The van der Waals surface area contributed by atoms with Crippen molar-refractivity contribution < 1.29 is 9.18 Å². The summed E-state index contributed by atoms with van der Waals surface area (Å²) in [5.41, 5.74) is 1.36. The monoisotopic (exact) mass is 354 g/mol. The molecule has 0 saturated carbocycles. The Morgan fingerprint density at radius 2 is 1.87 bits per heavy atom. The lowest BCUT2D eigenvalue weighted by molar-refractivity contribution is -0.117. The third-order valence-corrected chi connectivity index (χ3v) is 3.98. The molecule has 0 aliphatic heterocycles. The minimum atomic E-state index is -0.467. The number of hydrogen-bond donors (Lipinski definition) is 2. The summed E-state index contributed by atoms with van der Waals surface area (Å²) in [7, 11) is 0. The van der Waals surface area contributed by atoms with Crippen LogP contribution in [0.25, 0.3) is 0 Å². The number of rotatable bonds is 5. The van der Waals surface area contributed by atoms with E-state index in [4.69, 9.17) is 23.2 Å². The Morgan fingerprint density at radius 3 is 2.52 bits per heavy atom. The summed E-state index contributed by atoms with van der Waals surface area (Å²) in [6.45, 7) is 3.69. The van der Waals surface area contributed by atoms with Crippen molar-refractivity contribution >= 4 is 34.8 Å². The number of anilines is 1. The van der Waals surface area contributed by atoms with E-state index in [1.165, 1.54) is 12.1 Å². The van der Waals surface area contributed by atoms with E-state index in [1.807, 2.05) is 25.1 Å². The molecule has 0 bridgehead atoms. The number of hydrogen-bond acceptors (Lipinski definition) is 2. The molecule has 6 heteroatoms. The highest BCUT2D eigenvalue weighted by Crippen LogP contribution is 2.23. The Bertz CT molecular complexity index is 709. The van der Waals surface area contributed by atoms with Gasteiger partial charge in [0.2, 0.25) is 5.91 Å². The number of carbonyl (C=O) groups is 1. The predicted molar refractivity (Wildman–Crippen MR) is 92.5 cm³/mol. The fourth-order valence-electron chi connectivity index (χ4n) is 2.15. The lowest BCUT2D eigenvalue weighted by Gasteiger charge is -2.20. The summed E-state index contributed by atoms with van der Waals surface area (Å²) in [6.07, 6.45) is 0. The molecule has 0 saturated heterocycles. The summed E-state index contributed by atoms with van der Waals surface area (Å²) in [6, 6.07) is 10.7. The van der Waals surface area contributed by atoms with Gasteiger partial charge in [0.05, 0.1) is 16.8 Å².